The topological polar surface area (TPSA) is 37.4 Å². The van der Waals surface area contributed by atoms with Crippen LogP contribution in [-0.4, -0.2) is 23.6 Å². The monoisotopic (exact) mass is 321 g/mol. The summed E-state index contributed by atoms with van der Waals surface area (Å²) < 4.78 is 0. The van der Waals surface area contributed by atoms with E-state index in [1.165, 1.54) is 0 Å². The molecule has 4 heteroatoms. The fourth-order valence-electron chi connectivity index (χ4n) is 2.57. The molecule has 3 rings (SSSR count). The van der Waals surface area contributed by atoms with Gasteiger partial charge >= 0.3 is 0 Å². The second-order valence-electron chi connectivity index (χ2n) is 5.56. The Kier molecular flexibility index (Phi) is 3.01. The molecule has 2 aliphatic rings. The Morgan fingerprint density at radius 2 is 2.05 bits per heavy atom. The number of carbonyl (C=O) groups is 2. The van der Waals surface area contributed by atoms with Crippen LogP contribution in [0.1, 0.15) is 35.7 Å². The van der Waals surface area contributed by atoms with Crippen molar-refractivity contribution in [2.75, 3.05) is 16.8 Å². The number of hydrogen-bond donors (Lipinski definition) is 0. The van der Waals surface area contributed by atoms with Crippen LogP contribution in [0.4, 0.5) is 5.69 Å². The van der Waals surface area contributed by atoms with Gasteiger partial charge in [0, 0.05) is 11.9 Å². The van der Waals surface area contributed by atoms with Crippen molar-refractivity contribution < 1.29 is 9.59 Å². The first-order valence-corrected chi connectivity index (χ1v) is 7.77. The maximum absolute atomic E-state index is 12.1. The average molecular weight is 322 g/mol. The molecule has 0 N–H and O–H groups in total. The average Bonchev–Trinajstić information content (AvgIpc) is 3.18. The van der Waals surface area contributed by atoms with Crippen LogP contribution in [0.25, 0.3) is 0 Å². The zero-order valence-corrected chi connectivity index (χ0v) is 12.5. The highest BCUT2D eigenvalue weighted by atomic mass is 79.9. The molecule has 1 aromatic carbocycles. The molecule has 1 aliphatic carbocycles. The van der Waals surface area contributed by atoms with E-state index in [0.717, 1.165) is 35.8 Å². The van der Waals surface area contributed by atoms with Crippen molar-refractivity contribution in [2.24, 2.45) is 5.41 Å². The van der Waals surface area contributed by atoms with Gasteiger partial charge in [-0.3, -0.25) is 9.59 Å². The van der Waals surface area contributed by atoms with Gasteiger partial charge in [0.25, 0.3) is 11.7 Å². The van der Waals surface area contributed by atoms with Crippen molar-refractivity contribution in [1.29, 1.82) is 0 Å². The summed E-state index contributed by atoms with van der Waals surface area (Å²) in [6, 6.07) is 5.79. The Morgan fingerprint density at radius 1 is 1.32 bits per heavy atom. The van der Waals surface area contributed by atoms with Gasteiger partial charge in [0.15, 0.2) is 0 Å². The summed E-state index contributed by atoms with van der Waals surface area (Å²) in [5.41, 5.74) is 2.65. The molecule has 1 fully saturated rings. The molecule has 0 aromatic heterocycles. The molecule has 0 radical (unpaired) electrons. The summed E-state index contributed by atoms with van der Waals surface area (Å²) in [6.07, 6.45) is 3.12. The lowest BCUT2D eigenvalue weighted by Crippen LogP contribution is -2.35. The van der Waals surface area contributed by atoms with Gasteiger partial charge in [0.05, 0.1) is 11.3 Å². The molecule has 1 heterocycles. The molecule has 3 nitrogen and oxygen atoms in total. The number of aryl methyl sites for hydroxylation is 1. The van der Waals surface area contributed by atoms with E-state index in [0.29, 0.717) is 12.1 Å². The van der Waals surface area contributed by atoms with Gasteiger partial charge in [-0.15, -0.1) is 0 Å². The Balaban J connectivity index is 1.96. The van der Waals surface area contributed by atoms with Gasteiger partial charge in [0.2, 0.25) is 0 Å². The van der Waals surface area contributed by atoms with Crippen LogP contribution in [0.2, 0.25) is 0 Å². The van der Waals surface area contributed by atoms with Gasteiger partial charge in [0.1, 0.15) is 0 Å². The predicted octanol–water partition coefficient (Wildman–Crippen LogP) is 2.95. The maximum atomic E-state index is 12.1. The van der Waals surface area contributed by atoms with E-state index in [1.54, 1.807) is 4.90 Å². The quantitative estimate of drug-likeness (QED) is 0.631. The van der Waals surface area contributed by atoms with E-state index in [1.807, 2.05) is 25.1 Å². The molecule has 19 heavy (non-hydrogen) atoms. The van der Waals surface area contributed by atoms with Crippen molar-refractivity contribution >= 4 is 33.3 Å². The van der Waals surface area contributed by atoms with Crippen LogP contribution in [-0.2, 0) is 11.2 Å². The van der Waals surface area contributed by atoms with Crippen molar-refractivity contribution in [3.8, 4) is 0 Å². The first-order chi connectivity index (χ1) is 9.10. The number of anilines is 1. The third-order valence-corrected chi connectivity index (χ3v) is 5.37. The van der Waals surface area contributed by atoms with Crippen LogP contribution in [0.15, 0.2) is 18.2 Å². The van der Waals surface area contributed by atoms with E-state index in [9.17, 15) is 9.59 Å². The smallest absolute Gasteiger partial charge is 0.299 e. The van der Waals surface area contributed by atoms with Crippen LogP contribution in [0, 0.1) is 5.41 Å². The number of nitrogens with zero attached hydrogens (tertiary/aromatic N) is 1. The molecular weight excluding hydrogens is 306 g/mol. The first-order valence-electron chi connectivity index (χ1n) is 6.65. The van der Waals surface area contributed by atoms with Gasteiger partial charge in [-0.1, -0.05) is 28.9 Å². The highest BCUT2D eigenvalue weighted by Crippen LogP contribution is 2.49. The minimum absolute atomic E-state index is 0.182. The van der Waals surface area contributed by atoms with E-state index in [-0.39, 0.29) is 17.1 Å². The zero-order valence-electron chi connectivity index (χ0n) is 10.9. The van der Waals surface area contributed by atoms with Crippen LogP contribution >= 0.6 is 15.9 Å². The number of amides is 1. The fraction of sp³-hybridized carbons (Fsp3) is 0.467. The Bertz CT molecular complexity index is 563. The third-order valence-electron chi connectivity index (χ3n) is 4.18. The maximum Gasteiger partial charge on any atom is 0.299 e. The molecule has 1 amide bonds. The molecular formula is C15H16BrNO2. The number of fused-ring (bicyclic) bond motifs is 1. The summed E-state index contributed by atoms with van der Waals surface area (Å²) in [4.78, 5) is 25.9. The van der Waals surface area contributed by atoms with Gasteiger partial charge in [-0.05, 0) is 42.4 Å². The van der Waals surface area contributed by atoms with Gasteiger partial charge in [-0.25, -0.2) is 0 Å². The molecule has 0 atom stereocenters. The summed E-state index contributed by atoms with van der Waals surface area (Å²) in [7, 11) is 0. The van der Waals surface area contributed by atoms with Crippen molar-refractivity contribution in [1.82, 2.24) is 0 Å². The Hall–Kier alpha value is -1.16. The van der Waals surface area contributed by atoms with Crippen molar-refractivity contribution in [3.05, 3.63) is 29.3 Å². The number of alkyl halides is 1. The normalized spacial score (nSPS) is 19.8. The van der Waals surface area contributed by atoms with Crippen LogP contribution in [0.3, 0.4) is 0 Å². The largest absolute Gasteiger partial charge is 0.304 e. The van der Waals surface area contributed by atoms with Gasteiger partial charge < -0.3 is 4.90 Å². The molecule has 1 aliphatic heterocycles. The lowest BCUT2D eigenvalue weighted by atomic mass is 10.1. The van der Waals surface area contributed by atoms with E-state index in [2.05, 4.69) is 15.9 Å². The van der Waals surface area contributed by atoms with Gasteiger partial charge in [-0.2, -0.15) is 0 Å². The summed E-state index contributed by atoms with van der Waals surface area (Å²) in [5.74, 6) is -0.717. The number of hydrogen-bond acceptors (Lipinski definition) is 2. The van der Waals surface area contributed by atoms with Crippen LogP contribution < -0.4 is 4.90 Å². The molecule has 1 aromatic rings. The lowest BCUT2D eigenvalue weighted by molar-refractivity contribution is -0.114. The molecule has 0 saturated heterocycles. The molecule has 0 spiro atoms. The predicted molar refractivity (Wildman–Crippen MR) is 78.0 cm³/mol. The number of benzene rings is 1. The fourth-order valence-corrected chi connectivity index (χ4v) is 3.31. The standard InChI is InChI=1S/C15H16BrNO2/c1-2-10-3-4-12-11(7-10)13(18)14(19)17(12)9-15(8-16)5-6-15/h3-4,7H,2,5-6,8-9H2,1H3. The number of halogens is 1. The SMILES string of the molecule is CCc1ccc2c(c1)C(=O)C(=O)N2CC1(CBr)CC1. The first kappa shape index (κ1) is 12.9. The molecule has 100 valence electrons. The highest BCUT2D eigenvalue weighted by Gasteiger charge is 2.47. The second kappa shape index (κ2) is 4.44. The third kappa shape index (κ3) is 2.02. The number of Topliss-reactive ketones (excluding diaryl/α,β-unsaturated/α-hetero) is 1. The van der Waals surface area contributed by atoms with E-state index < -0.39 is 0 Å². The number of carbonyl (C=O) groups excluding carboxylic acids is 2. The Morgan fingerprint density at radius 3 is 2.63 bits per heavy atom. The van der Waals surface area contributed by atoms with Crippen molar-refractivity contribution in [3.63, 3.8) is 0 Å². The number of ketones is 1. The molecule has 0 bridgehead atoms. The molecule has 0 unspecified atom stereocenters. The molecule has 1 saturated carbocycles. The minimum atomic E-state index is -0.365. The van der Waals surface area contributed by atoms with Crippen LogP contribution in [0.5, 0.6) is 0 Å². The Labute approximate surface area is 121 Å². The van der Waals surface area contributed by atoms with E-state index in [4.69, 9.17) is 0 Å². The number of rotatable bonds is 4. The minimum Gasteiger partial charge on any atom is -0.304 e. The van der Waals surface area contributed by atoms with Crippen molar-refractivity contribution in [2.45, 2.75) is 26.2 Å². The summed E-state index contributed by atoms with van der Waals surface area (Å²) in [5, 5.41) is 0.889. The second-order valence-corrected chi connectivity index (χ2v) is 6.12. The van der Waals surface area contributed by atoms with E-state index >= 15 is 0 Å². The summed E-state index contributed by atoms with van der Waals surface area (Å²) >= 11 is 3.52. The summed E-state index contributed by atoms with van der Waals surface area (Å²) in [6.45, 7) is 2.70. The zero-order chi connectivity index (χ0) is 13.6. The highest BCUT2D eigenvalue weighted by molar-refractivity contribution is 9.09. The lowest BCUT2D eigenvalue weighted by Gasteiger charge is -2.22.